The molecule has 3 heteroatoms. The zero-order valence-corrected chi connectivity index (χ0v) is 8.16. The van der Waals surface area contributed by atoms with Gasteiger partial charge in [0.05, 0.1) is 5.52 Å². The SMILES string of the molecule is CC(C)c1c(F)ccc2ncncc12. The smallest absolute Gasteiger partial charge is 0.127 e. The first-order chi connectivity index (χ1) is 6.70. The molecule has 0 atom stereocenters. The van der Waals surface area contributed by atoms with Gasteiger partial charge in [-0.3, -0.25) is 0 Å². The van der Waals surface area contributed by atoms with Crippen LogP contribution in [-0.2, 0) is 0 Å². The third-order valence-corrected chi connectivity index (χ3v) is 2.26. The van der Waals surface area contributed by atoms with Gasteiger partial charge in [0.1, 0.15) is 12.1 Å². The van der Waals surface area contributed by atoms with Crippen molar-refractivity contribution in [2.24, 2.45) is 0 Å². The second kappa shape index (κ2) is 3.33. The molecule has 0 unspecified atom stereocenters. The summed E-state index contributed by atoms with van der Waals surface area (Å²) in [6, 6.07) is 3.14. The highest BCUT2D eigenvalue weighted by molar-refractivity contribution is 5.81. The van der Waals surface area contributed by atoms with Crippen LogP contribution in [0.5, 0.6) is 0 Å². The van der Waals surface area contributed by atoms with Gasteiger partial charge in [0, 0.05) is 17.1 Å². The van der Waals surface area contributed by atoms with Gasteiger partial charge in [-0.1, -0.05) is 13.8 Å². The van der Waals surface area contributed by atoms with E-state index in [4.69, 9.17) is 0 Å². The number of nitrogens with zero attached hydrogens (tertiary/aromatic N) is 2. The van der Waals surface area contributed by atoms with Crippen LogP contribution >= 0.6 is 0 Å². The van der Waals surface area contributed by atoms with Gasteiger partial charge >= 0.3 is 0 Å². The van der Waals surface area contributed by atoms with Crippen LogP contribution in [0, 0.1) is 5.82 Å². The number of rotatable bonds is 1. The maximum Gasteiger partial charge on any atom is 0.127 e. The number of hydrogen-bond acceptors (Lipinski definition) is 2. The quantitative estimate of drug-likeness (QED) is 0.691. The maximum atomic E-state index is 13.5. The van der Waals surface area contributed by atoms with E-state index in [0.29, 0.717) is 5.56 Å². The summed E-state index contributed by atoms with van der Waals surface area (Å²) < 4.78 is 13.5. The molecule has 0 fully saturated rings. The molecule has 0 amide bonds. The Kier molecular flexibility index (Phi) is 2.15. The molecule has 0 aliphatic carbocycles. The average molecular weight is 190 g/mol. The van der Waals surface area contributed by atoms with Gasteiger partial charge < -0.3 is 0 Å². The molecule has 0 aliphatic heterocycles. The highest BCUT2D eigenvalue weighted by atomic mass is 19.1. The summed E-state index contributed by atoms with van der Waals surface area (Å²) in [6.07, 6.45) is 3.14. The van der Waals surface area contributed by atoms with Crippen molar-refractivity contribution in [3.63, 3.8) is 0 Å². The van der Waals surface area contributed by atoms with Gasteiger partial charge in [-0.2, -0.15) is 0 Å². The molecular formula is C11H11FN2. The van der Waals surface area contributed by atoms with E-state index in [2.05, 4.69) is 9.97 Å². The molecule has 14 heavy (non-hydrogen) atoms. The molecule has 1 heterocycles. The van der Waals surface area contributed by atoms with Crippen LogP contribution in [-0.4, -0.2) is 9.97 Å². The lowest BCUT2D eigenvalue weighted by Crippen LogP contribution is -1.96. The zero-order chi connectivity index (χ0) is 10.1. The Balaban J connectivity index is 2.83. The molecule has 0 bridgehead atoms. The van der Waals surface area contributed by atoms with Crippen LogP contribution in [0.4, 0.5) is 4.39 Å². The van der Waals surface area contributed by atoms with E-state index >= 15 is 0 Å². The molecule has 72 valence electrons. The fourth-order valence-corrected chi connectivity index (χ4v) is 1.64. The molecule has 2 aromatic rings. The van der Waals surface area contributed by atoms with Crippen molar-refractivity contribution in [2.75, 3.05) is 0 Å². The first-order valence-electron chi connectivity index (χ1n) is 4.58. The van der Waals surface area contributed by atoms with Crippen LogP contribution in [0.3, 0.4) is 0 Å². The van der Waals surface area contributed by atoms with E-state index in [0.717, 1.165) is 10.9 Å². The lowest BCUT2D eigenvalue weighted by Gasteiger charge is -2.09. The second-order valence-corrected chi connectivity index (χ2v) is 3.57. The van der Waals surface area contributed by atoms with E-state index in [1.165, 1.54) is 12.4 Å². The highest BCUT2D eigenvalue weighted by Gasteiger charge is 2.11. The summed E-state index contributed by atoms with van der Waals surface area (Å²) in [5.41, 5.74) is 1.49. The monoisotopic (exact) mass is 190 g/mol. The van der Waals surface area contributed by atoms with E-state index in [-0.39, 0.29) is 11.7 Å². The first kappa shape index (κ1) is 9.06. The van der Waals surface area contributed by atoms with E-state index in [9.17, 15) is 4.39 Å². The Labute approximate surface area is 81.8 Å². The fourth-order valence-electron chi connectivity index (χ4n) is 1.64. The lowest BCUT2D eigenvalue weighted by atomic mass is 9.98. The molecule has 0 saturated carbocycles. The third-order valence-electron chi connectivity index (χ3n) is 2.26. The molecule has 0 spiro atoms. The summed E-state index contributed by atoms with van der Waals surface area (Å²) in [6.45, 7) is 3.93. The molecule has 0 aliphatic rings. The lowest BCUT2D eigenvalue weighted by molar-refractivity contribution is 0.602. The minimum atomic E-state index is -0.178. The molecular weight excluding hydrogens is 179 g/mol. The van der Waals surface area contributed by atoms with E-state index in [1.807, 2.05) is 13.8 Å². The Hall–Kier alpha value is -1.51. The van der Waals surface area contributed by atoms with Crippen LogP contribution in [0.2, 0.25) is 0 Å². The van der Waals surface area contributed by atoms with Gasteiger partial charge in [0.15, 0.2) is 0 Å². The molecule has 0 radical (unpaired) electrons. The third kappa shape index (κ3) is 1.35. The Bertz CT molecular complexity index is 466. The number of benzene rings is 1. The molecule has 0 saturated heterocycles. The minimum Gasteiger partial charge on any atom is -0.244 e. The Morgan fingerprint density at radius 3 is 2.79 bits per heavy atom. The van der Waals surface area contributed by atoms with Gasteiger partial charge in [0.2, 0.25) is 0 Å². The summed E-state index contributed by atoms with van der Waals surface area (Å²) in [4.78, 5) is 8.01. The average Bonchev–Trinajstić information content (AvgIpc) is 2.17. The van der Waals surface area contributed by atoms with Crippen molar-refractivity contribution in [1.82, 2.24) is 9.97 Å². The van der Waals surface area contributed by atoms with Gasteiger partial charge in [0.25, 0.3) is 0 Å². The molecule has 1 aromatic heterocycles. The summed E-state index contributed by atoms with van der Waals surface area (Å²) in [7, 11) is 0. The topological polar surface area (TPSA) is 25.8 Å². The van der Waals surface area contributed by atoms with Crippen LogP contribution in [0.25, 0.3) is 10.9 Å². The minimum absolute atomic E-state index is 0.143. The van der Waals surface area contributed by atoms with Crippen molar-refractivity contribution >= 4 is 10.9 Å². The van der Waals surface area contributed by atoms with Crippen molar-refractivity contribution < 1.29 is 4.39 Å². The normalized spacial score (nSPS) is 11.1. The molecule has 2 rings (SSSR count). The largest absolute Gasteiger partial charge is 0.244 e. The standard InChI is InChI=1S/C11H11FN2/c1-7(2)11-8-5-13-6-14-10(8)4-3-9(11)12/h3-7H,1-2H3. The predicted molar refractivity (Wildman–Crippen MR) is 53.6 cm³/mol. The Morgan fingerprint density at radius 1 is 1.29 bits per heavy atom. The number of hydrogen-bond donors (Lipinski definition) is 0. The van der Waals surface area contributed by atoms with Crippen molar-refractivity contribution in [3.8, 4) is 0 Å². The van der Waals surface area contributed by atoms with Crippen molar-refractivity contribution in [3.05, 3.63) is 36.0 Å². The second-order valence-electron chi connectivity index (χ2n) is 3.57. The first-order valence-corrected chi connectivity index (χ1v) is 4.58. The van der Waals surface area contributed by atoms with Crippen molar-refractivity contribution in [1.29, 1.82) is 0 Å². The molecule has 2 nitrogen and oxygen atoms in total. The zero-order valence-electron chi connectivity index (χ0n) is 8.16. The predicted octanol–water partition coefficient (Wildman–Crippen LogP) is 2.89. The van der Waals surface area contributed by atoms with Gasteiger partial charge in [-0.25, -0.2) is 14.4 Å². The van der Waals surface area contributed by atoms with Crippen molar-refractivity contribution in [2.45, 2.75) is 19.8 Å². The number of halogens is 1. The van der Waals surface area contributed by atoms with E-state index < -0.39 is 0 Å². The number of fused-ring (bicyclic) bond motifs is 1. The van der Waals surface area contributed by atoms with Gasteiger partial charge in [-0.15, -0.1) is 0 Å². The van der Waals surface area contributed by atoms with E-state index in [1.54, 1.807) is 12.3 Å². The van der Waals surface area contributed by atoms with Crippen LogP contribution in [0.15, 0.2) is 24.7 Å². The number of aromatic nitrogens is 2. The summed E-state index contributed by atoms with van der Waals surface area (Å²) in [5.74, 6) is -0.0352. The summed E-state index contributed by atoms with van der Waals surface area (Å²) in [5, 5.41) is 0.808. The van der Waals surface area contributed by atoms with Crippen LogP contribution in [0.1, 0.15) is 25.3 Å². The highest BCUT2D eigenvalue weighted by Crippen LogP contribution is 2.26. The fraction of sp³-hybridized carbons (Fsp3) is 0.273. The molecule has 1 aromatic carbocycles. The summed E-state index contributed by atoms with van der Waals surface area (Å²) >= 11 is 0. The maximum absolute atomic E-state index is 13.5. The van der Waals surface area contributed by atoms with Gasteiger partial charge in [-0.05, 0) is 18.1 Å². The Morgan fingerprint density at radius 2 is 2.07 bits per heavy atom. The molecule has 0 N–H and O–H groups in total. The van der Waals surface area contributed by atoms with Crippen LogP contribution < -0.4 is 0 Å².